The molecule has 0 fully saturated rings. The molecule has 28 heavy (non-hydrogen) atoms. The zero-order valence-corrected chi connectivity index (χ0v) is 15.1. The Kier molecular flexibility index (Phi) is 5.06. The normalized spacial score (nSPS) is 10.9. The van der Waals surface area contributed by atoms with Crippen molar-refractivity contribution in [1.82, 2.24) is 14.8 Å². The van der Waals surface area contributed by atoms with E-state index in [9.17, 15) is 4.79 Å². The second-order valence-corrected chi connectivity index (χ2v) is 6.11. The van der Waals surface area contributed by atoms with Gasteiger partial charge in [0.2, 0.25) is 5.95 Å². The highest BCUT2D eigenvalue weighted by atomic mass is 16.1. The van der Waals surface area contributed by atoms with Gasteiger partial charge < -0.3 is 0 Å². The van der Waals surface area contributed by atoms with E-state index in [1.165, 1.54) is 0 Å². The number of amides is 1. The molecule has 0 bridgehead atoms. The lowest BCUT2D eigenvalue weighted by Gasteiger charge is -2.02. The van der Waals surface area contributed by atoms with Crippen LogP contribution >= 0.6 is 0 Å². The van der Waals surface area contributed by atoms with Crippen LogP contribution in [0.5, 0.6) is 0 Å². The molecule has 0 aliphatic rings. The molecule has 4 aromatic rings. The summed E-state index contributed by atoms with van der Waals surface area (Å²) < 4.78 is 1.71. The second kappa shape index (κ2) is 8.14. The van der Waals surface area contributed by atoms with Gasteiger partial charge in [0.05, 0.1) is 5.69 Å². The highest BCUT2D eigenvalue weighted by molar-refractivity contribution is 6.03. The fourth-order valence-electron chi connectivity index (χ4n) is 2.74. The van der Waals surface area contributed by atoms with Crippen LogP contribution in [0, 0.1) is 0 Å². The van der Waals surface area contributed by atoms with Crippen LogP contribution in [0.25, 0.3) is 17.8 Å². The van der Waals surface area contributed by atoms with Crippen LogP contribution in [0.2, 0.25) is 0 Å². The van der Waals surface area contributed by atoms with E-state index in [0.29, 0.717) is 11.4 Å². The minimum atomic E-state index is -0.246. The SMILES string of the molecule is O=C(Nc1nc(/C=C/c2ccccc2)n(-c2ccccc2)n1)c1ccccc1. The number of aromatic nitrogens is 3. The van der Waals surface area contributed by atoms with Gasteiger partial charge in [-0.25, -0.2) is 4.68 Å². The minimum absolute atomic E-state index is 0.246. The van der Waals surface area contributed by atoms with Gasteiger partial charge in [-0.2, -0.15) is 4.98 Å². The molecule has 5 nitrogen and oxygen atoms in total. The molecule has 0 spiro atoms. The van der Waals surface area contributed by atoms with Gasteiger partial charge in [-0.1, -0.05) is 72.8 Å². The molecule has 0 saturated heterocycles. The molecule has 3 aromatic carbocycles. The Hall–Kier alpha value is -3.99. The Balaban J connectivity index is 1.66. The first-order chi connectivity index (χ1) is 13.8. The maximum Gasteiger partial charge on any atom is 0.258 e. The van der Waals surface area contributed by atoms with Crippen molar-refractivity contribution >= 4 is 24.0 Å². The van der Waals surface area contributed by atoms with Crippen molar-refractivity contribution in [1.29, 1.82) is 0 Å². The number of carbonyl (C=O) groups excluding carboxylic acids is 1. The number of para-hydroxylation sites is 1. The summed E-state index contributed by atoms with van der Waals surface area (Å²) in [5, 5.41) is 7.25. The predicted molar refractivity (Wildman–Crippen MR) is 111 cm³/mol. The van der Waals surface area contributed by atoms with E-state index >= 15 is 0 Å². The number of carbonyl (C=O) groups is 1. The summed E-state index contributed by atoms with van der Waals surface area (Å²) >= 11 is 0. The minimum Gasteiger partial charge on any atom is -0.289 e. The lowest BCUT2D eigenvalue weighted by Crippen LogP contribution is -2.13. The molecule has 0 aliphatic carbocycles. The number of nitrogens with zero attached hydrogens (tertiary/aromatic N) is 3. The Morgan fingerprint density at radius 1 is 0.786 bits per heavy atom. The molecule has 1 heterocycles. The van der Waals surface area contributed by atoms with Gasteiger partial charge in [0.25, 0.3) is 5.91 Å². The van der Waals surface area contributed by atoms with Gasteiger partial charge in [0, 0.05) is 5.56 Å². The predicted octanol–water partition coefficient (Wildman–Crippen LogP) is 4.69. The highest BCUT2D eigenvalue weighted by Gasteiger charge is 2.13. The molecule has 0 saturated carbocycles. The van der Waals surface area contributed by atoms with Crippen LogP contribution in [0.3, 0.4) is 0 Å². The van der Waals surface area contributed by atoms with Crippen molar-refractivity contribution in [3.8, 4) is 5.69 Å². The third-order valence-electron chi connectivity index (χ3n) is 4.12. The zero-order chi connectivity index (χ0) is 19.2. The Morgan fingerprint density at radius 2 is 1.39 bits per heavy atom. The lowest BCUT2D eigenvalue weighted by molar-refractivity contribution is 0.102. The average molecular weight is 366 g/mol. The van der Waals surface area contributed by atoms with Crippen molar-refractivity contribution in [2.24, 2.45) is 0 Å². The molecule has 136 valence electrons. The van der Waals surface area contributed by atoms with Gasteiger partial charge >= 0.3 is 0 Å². The number of rotatable bonds is 5. The van der Waals surface area contributed by atoms with E-state index < -0.39 is 0 Å². The molecule has 0 unspecified atom stereocenters. The molecule has 5 heteroatoms. The van der Waals surface area contributed by atoms with E-state index in [4.69, 9.17) is 0 Å². The highest BCUT2D eigenvalue weighted by Crippen LogP contribution is 2.15. The van der Waals surface area contributed by atoms with E-state index in [-0.39, 0.29) is 11.9 Å². The summed E-state index contributed by atoms with van der Waals surface area (Å²) in [6.07, 6.45) is 3.85. The molecule has 1 N–H and O–H groups in total. The van der Waals surface area contributed by atoms with Gasteiger partial charge in [-0.05, 0) is 35.9 Å². The Morgan fingerprint density at radius 3 is 2.07 bits per heavy atom. The fourth-order valence-corrected chi connectivity index (χ4v) is 2.74. The molecule has 0 aliphatic heterocycles. The Labute approximate surface area is 163 Å². The number of benzene rings is 3. The first-order valence-corrected chi connectivity index (χ1v) is 8.91. The standard InChI is InChI=1S/C23H18N4O/c28-22(19-12-6-2-7-13-19)25-23-24-21(17-16-18-10-4-1-5-11-18)27(26-23)20-14-8-3-9-15-20/h1-17H,(H,25,26,28)/b17-16+. The lowest BCUT2D eigenvalue weighted by atomic mass is 10.2. The monoisotopic (exact) mass is 366 g/mol. The molecule has 4 rings (SSSR count). The maximum absolute atomic E-state index is 12.4. The zero-order valence-electron chi connectivity index (χ0n) is 15.1. The summed E-state index contributed by atoms with van der Waals surface area (Å²) in [6, 6.07) is 28.7. The molecule has 0 radical (unpaired) electrons. The first-order valence-electron chi connectivity index (χ1n) is 8.91. The number of anilines is 1. The maximum atomic E-state index is 12.4. The van der Waals surface area contributed by atoms with Crippen molar-refractivity contribution in [2.45, 2.75) is 0 Å². The average Bonchev–Trinajstić information content (AvgIpc) is 3.17. The van der Waals surface area contributed by atoms with Crippen molar-refractivity contribution in [2.75, 3.05) is 5.32 Å². The molecule has 1 aromatic heterocycles. The number of hydrogen-bond acceptors (Lipinski definition) is 3. The van der Waals surface area contributed by atoms with Crippen molar-refractivity contribution < 1.29 is 4.79 Å². The van der Waals surface area contributed by atoms with Crippen LogP contribution in [-0.2, 0) is 0 Å². The summed E-state index contributed by atoms with van der Waals surface area (Å²) in [6.45, 7) is 0. The van der Waals surface area contributed by atoms with E-state index in [2.05, 4.69) is 15.4 Å². The Bertz CT molecular complexity index is 1090. The van der Waals surface area contributed by atoms with E-state index in [1.807, 2.05) is 91.0 Å². The topological polar surface area (TPSA) is 59.8 Å². The van der Waals surface area contributed by atoms with Crippen LogP contribution in [0.1, 0.15) is 21.7 Å². The quantitative estimate of drug-likeness (QED) is 0.557. The largest absolute Gasteiger partial charge is 0.289 e. The third kappa shape index (κ3) is 4.04. The van der Waals surface area contributed by atoms with Crippen molar-refractivity contribution in [3.05, 3.63) is 108 Å². The molecule has 0 atom stereocenters. The van der Waals surface area contributed by atoms with Gasteiger partial charge in [0.1, 0.15) is 0 Å². The smallest absolute Gasteiger partial charge is 0.258 e. The summed E-state index contributed by atoms with van der Waals surface area (Å²) in [7, 11) is 0. The van der Waals surface area contributed by atoms with Gasteiger partial charge in [-0.15, -0.1) is 5.10 Å². The van der Waals surface area contributed by atoms with Crippen LogP contribution in [0.4, 0.5) is 5.95 Å². The van der Waals surface area contributed by atoms with Gasteiger partial charge in [0.15, 0.2) is 5.82 Å². The van der Waals surface area contributed by atoms with Crippen LogP contribution in [0.15, 0.2) is 91.0 Å². The van der Waals surface area contributed by atoms with Gasteiger partial charge in [-0.3, -0.25) is 10.1 Å². The van der Waals surface area contributed by atoms with Crippen LogP contribution < -0.4 is 5.32 Å². The first kappa shape index (κ1) is 17.4. The van der Waals surface area contributed by atoms with Crippen molar-refractivity contribution in [3.63, 3.8) is 0 Å². The summed E-state index contributed by atoms with van der Waals surface area (Å²) in [5.74, 6) is 0.633. The summed E-state index contributed by atoms with van der Waals surface area (Å²) in [4.78, 5) is 16.9. The van der Waals surface area contributed by atoms with E-state index in [1.54, 1.807) is 16.8 Å². The summed E-state index contributed by atoms with van der Waals surface area (Å²) in [5.41, 5.74) is 2.47. The van der Waals surface area contributed by atoms with Crippen LogP contribution in [-0.4, -0.2) is 20.7 Å². The second-order valence-electron chi connectivity index (χ2n) is 6.11. The molecular formula is C23H18N4O. The molecule has 1 amide bonds. The number of nitrogens with one attached hydrogen (secondary N) is 1. The third-order valence-corrected chi connectivity index (χ3v) is 4.12. The fraction of sp³-hybridized carbons (Fsp3) is 0. The van der Waals surface area contributed by atoms with E-state index in [0.717, 1.165) is 11.3 Å². The molecular weight excluding hydrogens is 348 g/mol. The number of hydrogen-bond donors (Lipinski definition) is 1.